The molecule has 2 fully saturated rings. The summed E-state index contributed by atoms with van der Waals surface area (Å²) in [4.78, 5) is 42.9. The minimum atomic E-state index is -1.21. The second-order valence-electron chi connectivity index (χ2n) is 9.59. The van der Waals surface area contributed by atoms with Crippen LogP contribution in [0.2, 0.25) is 0 Å². The van der Waals surface area contributed by atoms with Crippen molar-refractivity contribution in [2.45, 2.75) is 45.1 Å². The molecule has 4 atom stereocenters. The molecule has 2 heterocycles. The molecule has 35 heavy (non-hydrogen) atoms. The van der Waals surface area contributed by atoms with E-state index in [1.54, 1.807) is 43.0 Å². The lowest BCUT2D eigenvalue weighted by Gasteiger charge is -2.47. The summed E-state index contributed by atoms with van der Waals surface area (Å²) in [6, 6.07) is 9.75. The molecule has 0 aromatic heterocycles. The lowest BCUT2D eigenvalue weighted by Crippen LogP contribution is -2.59. The Morgan fingerprint density at radius 2 is 1.71 bits per heavy atom. The lowest BCUT2D eigenvalue weighted by molar-refractivity contribution is -0.140. The highest BCUT2D eigenvalue weighted by Crippen LogP contribution is 2.45. The number of halogens is 1. The van der Waals surface area contributed by atoms with Crippen LogP contribution in [0.15, 0.2) is 42.5 Å². The van der Waals surface area contributed by atoms with Crippen LogP contribution >= 0.6 is 0 Å². The molecule has 0 bridgehead atoms. The van der Waals surface area contributed by atoms with Gasteiger partial charge < -0.3 is 20.0 Å². The van der Waals surface area contributed by atoms with Gasteiger partial charge in [0.05, 0.1) is 11.8 Å². The Hall–Kier alpha value is -3.42. The summed E-state index contributed by atoms with van der Waals surface area (Å²) in [6.07, 6.45) is 1.55. The van der Waals surface area contributed by atoms with Crippen molar-refractivity contribution in [2.75, 3.05) is 19.6 Å². The van der Waals surface area contributed by atoms with Crippen molar-refractivity contribution >= 4 is 17.8 Å². The molecule has 2 amide bonds. The molecular formula is C27H31FN2O5. The smallest absolute Gasteiger partial charge is 0.407 e. The van der Waals surface area contributed by atoms with Gasteiger partial charge in [-0.3, -0.25) is 9.59 Å². The molecule has 0 radical (unpaired) electrons. The van der Waals surface area contributed by atoms with Gasteiger partial charge in [-0.2, -0.15) is 0 Å². The second-order valence-corrected chi connectivity index (χ2v) is 9.59. The quantitative estimate of drug-likeness (QED) is 0.628. The standard InChI is InChI=1S/C27H31FN2O5/c1-16-20(10-7-11-22(16)28)24-21(26(33)29-12-4-3-5-13-29)15-30(27(34)35)17(2)23(24)25(32)18-8-6-9-19(31)14-18/h6-11,14,17,21,23-24,31H,3-5,12-13,15H2,1-2H3,(H,34,35). The molecule has 2 aliphatic heterocycles. The summed E-state index contributed by atoms with van der Waals surface area (Å²) >= 11 is 0. The molecule has 186 valence electrons. The van der Waals surface area contributed by atoms with Crippen molar-refractivity contribution in [1.29, 1.82) is 0 Å². The number of likely N-dealkylation sites (tertiary alicyclic amines) is 2. The summed E-state index contributed by atoms with van der Waals surface area (Å²) in [5, 5.41) is 20.0. The van der Waals surface area contributed by atoms with Crippen molar-refractivity contribution < 1.29 is 29.0 Å². The van der Waals surface area contributed by atoms with Crippen LogP contribution in [0.1, 0.15) is 53.6 Å². The Bertz CT molecular complexity index is 1130. The highest BCUT2D eigenvalue weighted by molar-refractivity contribution is 6.00. The van der Waals surface area contributed by atoms with Gasteiger partial charge in [0.1, 0.15) is 11.6 Å². The summed E-state index contributed by atoms with van der Waals surface area (Å²) in [5.74, 6) is -3.62. The number of hydrogen-bond donors (Lipinski definition) is 2. The zero-order chi connectivity index (χ0) is 25.3. The number of aromatic hydroxyl groups is 1. The number of nitrogens with zero attached hydrogens (tertiary/aromatic N) is 2. The Kier molecular flexibility index (Phi) is 7.10. The van der Waals surface area contributed by atoms with Gasteiger partial charge in [0.2, 0.25) is 5.91 Å². The number of benzene rings is 2. The van der Waals surface area contributed by atoms with Gasteiger partial charge in [-0.25, -0.2) is 9.18 Å². The van der Waals surface area contributed by atoms with Crippen LogP contribution in [0.4, 0.5) is 9.18 Å². The Balaban J connectivity index is 1.87. The topological polar surface area (TPSA) is 98.2 Å². The lowest BCUT2D eigenvalue weighted by atomic mass is 9.66. The van der Waals surface area contributed by atoms with Crippen LogP contribution in [0.5, 0.6) is 5.75 Å². The van der Waals surface area contributed by atoms with E-state index in [9.17, 15) is 29.0 Å². The van der Waals surface area contributed by atoms with E-state index in [4.69, 9.17) is 0 Å². The van der Waals surface area contributed by atoms with Crippen LogP contribution in [0.25, 0.3) is 0 Å². The first-order valence-electron chi connectivity index (χ1n) is 12.1. The summed E-state index contributed by atoms with van der Waals surface area (Å²) < 4.78 is 14.7. The number of piperidine rings is 2. The molecule has 2 saturated heterocycles. The monoisotopic (exact) mass is 482 g/mol. The van der Waals surface area contributed by atoms with E-state index in [-0.39, 0.29) is 29.5 Å². The van der Waals surface area contributed by atoms with E-state index in [1.807, 2.05) is 0 Å². The Labute approximate surface area is 204 Å². The van der Waals surface area contributed by atoms with E-state index in [0.29, 0.717) is 24.2 Å². The Morgan fingerprint density at radius 3 is 2.37 bits per heavy atom. The maximum atomic E-state index is 14.7. The van der Waals surface area contributed by atoms with Crippen LogP contribution < -0.4 is 0 Å². The highest BCUT2D eigenvalue weighted by Gasteiger charge is 2.51. The number of carbonyl (C=O) groups is 3. The predicted octanol–water partition coefficient (Wildman–Crippen LogP) is 4.43. The molecule has 2 aromatic rings. The van der Waals surface area contributed by atoms with Crippen molar-refractivity contribution in [1.82, 2.24) is 9.80 Å². The fourth-order valence-corrected chi connectivity index (χ4v) is 5.70. The van der Waals surface area contributed by atoms with Crippen LogP contribution in [-0.4, -0.2) is 63.5 Å². The van der Waals surface area contributed by atoms with Gasteiger partial charge in [-0.15, -0.1) is 0 Å². The maximum absolute atomic E-state index is 14.7. The van der Waals surface area contributed by atoms with Crippen molar-refractivity contribution in [3.63, 3.8) is 0 Å². The first-order chi connectivity index (χ1) is 16.7. The van der Waals surface area contributed by atoms with Gasteiger partial charge in [0, 0.05) is 37.2 Å². The van der Waals surface area contributed by atoms with Crippen molar-refractivity contribution in [3.05, 3.63) is 65.0 Å². The zero-order valence-electron chi connectivity index (χ0n) is 20.0. The third-order valence-electron chi connectivity index (χ3n) is 7.56. The predicted molar refractivity (Wildman–Crippen MR) is 128 cm³/mol. The number of phenols is 1. The minimum Gasteiger partial charge on any atom is -0.508 e. The third kappa shape index (κ3) is 4.74. The van der Waals surface area contributed by atoms with Crippen molar-refractivity contribution in [3.8, 4) is 5.75 Å². The first-order valence-corrected chi connectivity index (χ1v) is 12.1. The van der Waals surface area contributed by atoms with Gasteiger partial charge in [-0.05, 0) is 62.4 Å². The molecule has 7 nitrogen and oxygen atoms in total. The molecule has 4 unspecified atom stereocenters. The molecule has 8 heteroatoms. The number of amides is 2. The molecule has 0 saturated carbocycles. The van der Waals surface area contributed by atoms with E-state index in [0.717, 1.165) is 24.2 Å². The van der Waals surface area contributed by atoms with Crippen LogP contribution in [-0.2, 0) is 4.79 Å². The van der Waals surface area contributed by atoms with Gasteiger partial charge >= 0.3 is 6.09 Å². The molecule has 4 rings (SSSR count). The van der Waals surface area contributed by atoms with Gasteiger partial charge in [0.15, 0.2) is 5.78 Å². The van der Waals surface area contributed by atoms with E-state index in [2.05, 4.69) is 0 Å². The molecular weight excluding hydrogens is 451 g/mol. The van der Waals surface area contributed by atoms with E-state index < -0.39 is 35.7 Å². The minimum absolute atomic E-state index is 0.0731. The zero-order valence-corrected chi connectivity index (χ0v) is 20.0. The normalized spacial score (nSPS) is 24.8. The average molecular weight is 483 g/mol. The molecule has 0 spiro atoms. The molecule has 0 aliphatic carbocycles. The van der Waals surface area contributed by atoms with Gasteiger partial charge in [0.25, 0.3) is 0 Å². The summed E-state index contributed by atoms with van der Waals surface area (Å²) in [6.45, 7) is 4.37. The largest absolute Gasteiger partial charge is 0.508 e. The number of carboxylic acid groups (broad SMARTS) is 1. The third-order valence-corrected chi connectivity index (χ3v) is 7.56. The number of phenolic OH excluding ortho intramolecular Hbond substituents is 1. The fraction of sp³-hybridized carbons (Fsp3) is 0.444. The second kappa shape index (κ2) is 10.1. The van der Waals surface area contributed by atoms with Crippen LogP contribution in [0, 0.1) is 24.6 Å². The fourth-order valence-electron chi connectivity index (χ4n) is 5.70. The average Bonchev–Trinajstić information content (AvgIpc) is 2.85. The number of ketones is 1. The van der Waals surface area contributed by atoms with E-state index in [1.165, 1.54) is 18.2 Å². The summed E-state index contributed by atoms with van der Waals surface area (Å²) in [5.41, 5.74) is 1.10. The SMILES string of the molecule is Cc1c(F)cccc1C1C(C(=O)N2CCCCC2)CN(C(=O)O)C(C)C1C(=O)c1cccc(O)c1. The maximum Gasteiger partial charge on any atom is 0.407 e. The first kappa shape index (κ1) is 24.7. The van der Waals surface area contributed by atoms with Crippen molar-refractivity contribution in [2.24, 2.45) is 11.8 Å². The number of Topliss-reactive ketones (excluding diaryl/α,β-unsaturated/α-hetero) is 1. The molecule has 2 aromatic carbocycles. The molecule has 2 N–H and O–H groups in total. The van der Waals surface area contributed by atoms with Crippen LogP contribution in [0.3, 0.4) is 0 Å². The number of hydrogen-bond acceptors (Lipinski definition) is 4. The van der Waals surface area contributed by atoms with Gasteiger partial charge in [-0.1, -0.05) is 24.3 Å². The highest BCUT2D eigenvalue weighted by atomic mass is 19.1. The van der Waals surface area contributed by atoms with E-state index >= 15 is 0 Å². The Morgan fingerprint density at radius 1 is 1.03 bits per heavy atom. The molecule has 2 aliphatic rings. The number of carbonyl (C=O) groups excluding carboxylic acids is 2. The number of rotatable bonds is 4. The summed E-state index contributed by atoms with van der Waals surface area (Å²) in [7, 11) is 0.